The van der Waals surface area contributed by atoms with Crippen LogP contribution in [0.4, 0.5) is 0 Å². The lowest BCUT2D eigenvalue weighted by Gasteiger charge is -2.67. The molecule has 0 aliphatic carbocycles. The van der Waals surface area contributed by atoms with Crippen LogP contribution in [0.1, 0.15) is 46.4 Å². The van der Waals surface area contributed by atoms with Gasteiger partial charge in [0, 0.05) is 24.2 Å². The summed E-state index contributed by atoms with van der Waals surface area (Å²) in [6, 6.07) is 43.0. The Bertz CT molecular complexity index is 1130. The lowest BCUT2D eigenvalue weighted by molar-refractivity contribution is -0.208. The third kappa shape index (κ3) is 3.16. The molecule has 4 fully saturated rings. The van der Waals surface area contributed by atoms with Crippen LogP contribution in [0.3, 0.4) is 0 Å². The molecule has 4 aromatic carbocycles. The average molecular weight is 457 g/mol. The highest BCUT2D eigenvalue weighted by molar-refractivity contribution is 5.89. The summed E-state index contributed by atoms with van der Waals surface area (Å²) in [4.78, 5) is 19.9. The maximum absolute atomic E-state index is 14.7. The first-order chi connectivity index (χ1) is 17.3. The van der Waals surface area contributed by atoms with Crippen LogP contribution in [-0.4, -0.2) is 22.3 Å². The molecule has 4 atom stereocenters. The van der Waals surface area contributed by atoms with Gasteiger partial charge in [0.2, 0.25) is 0 Å². The van der Waals surface area contributed by atoms with Crippen molar-refractivity contribution >= 4 is 5.78 Å². The van der Waals surface area contributed by atoms with Crippen molar-refractivity contribution in [1.82, 2.24) is 9.80 Å². The van der Waals surface area contributed by atoms with Gasteiger partial charge < -0.3 is 0 Å². The Hall–Kier alpha value is -3.53. The number of benzene rings is 4. The summed E-state index contributed by atoms with van der Waals surface area (Å²) in [5.74, 6) is 0.208. The topological polar surface area (TPSA) is 23.6 Å². The Morgan fingerprint density at radius 2 is 0.686 bits per heavy atom. The highest BCUT2D eigenvalue weighted by atomic mass is 16.1. The number of nitrogens with zero attached hydrogens (tertiary/aromatic N) is 2. The molecule has 0 saturated carbocycles. The quantitative estimate of drug-likeness (QED) is 0.357. The molecule has 4 aromatic rings. The molecule has 4 aliphatic heterocycles. The fourth-order valence-corrected chi connectivity index (χ4v) is 7.10. The summed E-state index contributed by atoms with van der Waals surface area (Å²) >= 11 is 0. The minimum atomic E-state index is -0.0986. The van der Waals surface area contributed by atoms with E-state index in [9.17, 15) is 4.79 Å². The standard InChI is InChI=1S/C32H28N2O/c35-32-26-28(22-13-5-1-6-14-22)33-21-34(29(26)23-15-7-2-8-16-23)31(25-19-11-4-12-20-25)27(32)30(33)24-17-9-3-10-18-24/h1-20,26-31H,21H2/t26?,27?,28-,29-,30-,31-/m0/s1. The van der Waals surface area contributed by atoms with Crippen molar-refractivity contribution in [2.24, 2.45) is 11.8 Å². The molecule has 172 valence electrons. The molecular weight excluding hydrogens is 428 g/mol. The number of carbonyl (C=O) groups is 1. The minimum Gasteiger partial charge on any atom is -0.299 e. The van der Waals surface area contributed by atoms with Crippen molar-refractivity contribution in [3.63, 3.8) is 0 Å². The van der Waals surface area contributed by atoms with E-state index in [1.165, 1.54) is 22.3 Å². The molecule has 0 radical (unpaired) electrons. The van der Waals surface area contributed by atoms with E-state index in [0.717, 1.165) is 6.67 Å². The minimum absolute atomic E-state index is 0.0586. The van der Waals surface area contributed by atoms with Gasteiger partial charge in [-0.2, -0.15) is 0 Å². The number of rotatable bonds is 4. The Morgan fingerprint density at radius 3 is 0.943 bits per heavy atom. The zero-order chi connectivity index (χ0) is 23.4. The molecule has 0 spiro atoms. The molecule has 3 nitrogen and oxygen atoms in total. The summed E-state index contributed by atoms with van der Waals surface area (Å²) in [6.07, 6.45) is 0. The van der Waals surface area contributed by atoms with Crippen molar-refractivity contribution in [2.75, 3.05) is 6.67 Å². The Balaban J connectivity index is 1.45. The van der Waals surface area contributed by atoms with Gasteiger partial charge in [-0.1, -0.05) is 121 Å². The smallest absolute Gasteiger partial charge is 0.146 e. The molecule has 4 aliphatic rings. The largest absolute Gasteiger partial charge is 0.299 e. The van der Waals surface area contributed by atoms with Crippen LogP contribution in [0.2, 0.25) is 0 Å². The van der Waals surface area contributed by atoms with E-state index in [0.29, 0.717) is 5.78 Å². The van der Waals surface area contributed by atoms with Crippen LogP contribution >= 0.6 is 0 Å². The average Bonchev–Trinajstić information content (AvgIpc) is 2.93. The van der Waals surface area contributed by atoms with E-state index in [-0.39, 0.29) is 36.0 Å². The van der Waals surface area contributed by atoms with Crippen molar-refractivity contribution in [2.45, 2.75) is 24.2 Å². The summed E-state index contributed by atoms with van der Waals surface area (Å²) < 4.78 is 0. The van der Waals surface area contributed by atoms with Crippen LogP contribution in [0.5, 0.6) is 0 Å². The van der Waals surface area contributed by atoms with Gasteiger partial charge in [-0.15, -0.1) is 0 Å². The van der Waals surface area contributed by atoms with Crippen molar-refractivity contribution in [1.29, 1.82) is 0 Å². The third-order valence-corrected chi connectivity index (χ3v) is 8.34. The highest BCUT2D eigenvalue weighted by Gasteiger charge is 2.65. The second-order valence-electron chi connectivity index (χ2n) is 10.0. The number of ketones is 1. The van der Waals surface area contributed by atoms with Gasteiger partial charge in [0.25, 0.3) is 0 Å². The lowest BCUT2D eigenvalue weighted by atomic mass is 9.60. The van der Waals surface area contributed by atoms with Crippen molar-refractivity contribution in [3.8, 4) is 0 Å². The van der Waals surface area contributed by atoms with Crippen LogP contribution in [0, 0.1) is 11.8 Å². The van der Waals surface area contributed by atoms with Crippen LogP contribution in [0.15, 0.2) is 121 Å². The van der Waals surface area contributed by atoms with Gasteiger partial charge in [-0.05, 0) is 22.3 Å². The van der Waals surface area contributed by atoms with E-state index in [1.54, 1.807) is 0 Å². The van der Waals surface area contributed by atoms with Crippen molar-refractivity contribution < 1.29 is 4.79 Å². The Labute approximate surface area is 206 Å². The summed E-state index contributed by atoms with van der Waals surface area (Å²) in [6.45, 7) is 0.832. The monoisotopic (exact) mass is 456 g/mol. The highest BCUT2D eigenvalue weighted by Crippen LogP contribution is 2.63. The third-order valence-electron chi connectivity index (χ3n) is 8.34. The van der Waals surface area contributed by atoms with Crippen molar-refractivity contribution in [3.05, 3.63) is 144 Å². The van der Waals surface area contributed by atoms with Crippen LogP contribution in [-0.2, 0) is 4.79 Å². The van der Waals surface area contributed by atoms with Gasteiger partial charge in [0.15, 0.2) is 0 Å². The van der Waals surface area contributed by atoms with E-state index in [2.05, 4.69) is 131 Å². The van der Waals surface area contributed by atoms with E-state index in [4.69, 9.17) is 0 Å². The normalized spacial score (nSPS) is 33.1. The fourth-order valence-electron chi connectivity index (χ4n) is 7.10. The maximum atomic E-state index is 14.7. The van der Waals surface area contributed by atoms with Gasteiger partial charge in [-0.3, -0.25) is 14.6 Å². The molecule has 0 aromatic heterocycles. The maximum Gasteiger partial charge on any atom is 0.146 e. The predicted molar refractivity (Wildman–Crippen MR) is 137 cm³/mol. The number of hydrogen-bond donors (Lipinski definition) is 0. The van der Waals surface area contributed by atoms with Gasteiger partial charge in [0.05, 0.1) is 18.5 Å². The van der Waals surface area contributed by atoms with E-state index >= 15 is 0 Å². The molecular formula is C32H28N2O. The molecule has 3 heteroatoms. The molecule has 4 heterocycles. The molecule has 8 rings (SSSR count). The van der Waals surface area contributed by atoms with Gasteiger partial charge in [0.1, 0.15) is 5.78 Å². The molecule has 0 amide bonds. The summed E-state index contributed by atoms with van der Waals surface area (Å²) in [5.41, 5.74) is 4.96. The van der Waals surface area contributed by atoms with Gasteiger partial charge >= 0.3 is 0 Å². The number of hydrogen-bond acceptors (Lipinski definition) is 3. The molecule has 4 bridgehead atoms. The predicted octanol–water partition coefficient (Wildman–Crippen LogP) is 6.36. The summed E-state index contributed by atoms with van der Waals surface area (Å²) in [5, 5.41) is 0. The second-order valence-corrected chi connectivity index (χ2v) is 10.0. The zero-order valence-electron chi connectivity index (χ0n) is 19.5. The second kappa shape index (κ2) is 8.30. The summed E-state index contributed by atoms with van der Waals surface area (Å²) in [7, 11) is 0. The fraction of sp³-hybridized carbons (Fsp3) is 0.219. The molecule has 0 N–H and O–H groups in total. The molecule has 35 heavy (non-hydrogen) atoms. The van der Waals surface area contributed by atoms with E-state index < -0.39 is 0 Å². The van der Waals surface area contributed by atoms with E-state index in [1.807, 2.05) is 0 Å². The van der Waals surface area contributed by atoms with Crippen LogP contribution < -0.4 is 0 Å². The number of Topliss-reactive ketones (excluding diaryl/α,β-unsaturated/α-hetero) is 1. The SMILES string of the molecule is O=C1C2[C@H](c3ccccc3)N3CN([C@H]2c2ccccc2)[C@@H](c2ccccc2)C1[C@@H]3c1ccccc1. The first-order valence-electron chi connectivity index (χ1n) is 12.6. The molecule has 4 saturated heterocycles. The first-order valence-corrected chi connectivity index (χ1v) is 12.6. The lowest BCUT2D eigenvalue weighted by Crippen LogP contribution is -2.69. The zero-order valence-corrected chi connectivity index (χ0v) is 19.5. The van der Waals surface area contributed by atoms with Gasteiger partial charge in [-0.25, -0.2) is 0 Å². The Morgan fingerprint density at radius 1 is 0.429 bits per heavy atom. The first kappa shape index (κ1) is 20.8. The number of piperidine rings is 2. The number of carbonyl (C=O) groups excluding carboxylic acids is 1. The van der Waals surface area contributed by atoms with Crippen LogP contribution in [0.25, 0.3) is 0 Å². The molecule has 0 unspecified atom stereocenters. The Kier molecular flexibility index (Phi) is 4.93.